The fraction of sp³-hybridized carbons (Fsp3) is 0.348. The Morgan fingerprint density at radius 3 is 2.61 bits per heavy atom. The number of carbonyl (C=O) groups is 1. The number of nitrogens with zero attached hydrogens (tertiary/aromatic N) is 1. The maximum Gasteiger partial charge on any atom is 0.303 e. The summed E-state index contributed by atoms with van der Waals surface area (Å²) < 4.78 is 8.51. The number of carboxylic acid groups (broad SMARTS) is 1. The van der Waals surface area contributed by atoms with E-state index in [4.69, 9.17) is 9.84 Å². The van der Waals surface area contributed by atoms with Crippen molar-refractivity contribution < 1.29 is 19.7 Å². The van der Waals surface area contributed by atoms with Gasteiger partial charge in [-0.2, -0.15) is 0 Å². The molecule has 1 aliphatic heterocycles. The van der Waals surface area contributed by atoms with Crippen LogP contribution in [0.4, 0.5) is 0 Å². The number of ether oxygens (including phenoxy) is 1. The molecular formula is C23H25NO4. The molecule has 5 nitrogen and oxygen atoms in total. The highest BCUT2D eigenvalue weighted by Crippen LogP contribution is 2.42. The third-order valence-electron chi connectivity index (χ3n) is 5.66. The molecule has 1 aliphatic rings. The molecule has 3 aromatic rings. The number of phenolic OH excluding ortho intramolecular Hbond substituents is 1. The number of rotatable bonds is 5. The SMILES string of the molecule is Cc1cc(-c2c(C)c3cccc4c3n2CC(CCCC(=O)O)O4)cc(C)c1O. The zero-order valence-corrected chi connectivity index (χ0v) is 16.5. The van der Waals surface area contributed by atoms with Crippen molar-refractivity contribution in [2.75, 3.05) is 0 Å². The number of aryl methyl sites for hydroxylation is 3. The third kappa shape index (κ3) is 3.01. The van der Waals surface area contributed by atoms with Gasteiger partial charge in [-0.25, -0.2) is 0 Å². The van der Waals surface area contributed by atoms with Crippen LogP contribution in [0.1, 0.15) is 36.0 Å². The maximum atomic E-state index is 10.9. The number of aliphatic carboxylic acids is 1. The fourth-order valence-corrected chi connectivity index (χ4v) is 4.34. The summed E-state index contributed by atoms with van der Waals surface area (Å²) in [7, 11) is 0. The molecule has 2 heterocycles. The van der Waals surface area contributed by atoms with Crippen LogP contribution in [-0.2, 0) is 11.3 Å². The summed E-state index contributed by atoms with van der Waals surface area (Å²) in [5.41, 5.74) is 6.22. The Kier molecular flexibility index (Phi) is 4.53. The van der Waals surface area contributed by atoms with E-state index >= 15 is 0 Å². The Balaban J connectivity index is 1.81. The van der Waals surface area contributed by atoms with E-state index in [1.54, 1.807) is 0 Å². The first-order valence-electron chi connectivity index (χ1n) is 9.67. The van der Waals surface area contributed by atoms with Crippen LogP contribution < -0.4 is 4.74 Å². The molecule has 2 N–H and O–H groups in total. The molecule has 0 saturated heterocycles. The summed E-state index contributed by atoms with van der Waals surface area (Å²) >= 11 is 0. The molecule has 0 aliphatic carbocycles. The molecule has 0 amide bonds. The van der Waals surface area contributed by atoms with Gasteiger partial charge in [-0.1, -0.05) is 12.1 Å². The molecular weight excluding hydrogens is 354 g/mol. The molecule has 1 unspecified atom stereocenters. The fourth-order valence-electron chi connectivity index (χ4n) is 4.34. The highest BCUT2D eigenvalue weighted by molar-refractivity contribution is 5.95. The Morgan fingerprint density at radius 1 is 1.21 bits per heavy atom. The van der Waals surface area contributed by atoms with Crippen molar-refractivity contribution in [3.05, 3.63) is 47.0 Å². The molecule has 28 heavy (non-hydrogen) atoms. The van der Waals surface area contributed by atoms with Crippen LogP contribution >= 0.6 is 0 Å². The lowest BCUT2D eigenvalue weighted by Crippen LogP contribution is -2.27. The summed E-state index contributed by atoms with van der Waals surface area (Å²) in [6, 6.07) is 10.2. The van der Waals surface area contributed by atoms with Gasteiger partial charge in [0.1, 0.15) is 17.6 Å². The number of aromatic hydroxyl groups is 1. The van der Waals surface area contributed by atoms with Crippen molar-refractivity contribution >= 4 is 16.9 Å². The average molecular weight is 379 g/mol. The van der Waals surface area contributed by atoms with Crippen LogP contribution in [0.15, 0.2) is 30.3 Å². The van der Waals surface area contributed by atoms with Crippen LogP contribution in [0.25, 0.3) is 22.2 Å². The van der Waals surface area contributed by atoms with Crippen molar-refractivity contribution in [2.45, 2.75) is 52.7 Å². The van der Waals surface area contributed by atoms with Gasteiger partial charge < -0.3 is 19.5 Å². The molecule has 4 rings (SSSR count). The van der Waals surface area contributed by atoms with Crippen molar-refractivity contribution in [3.8, 4) is 22.8 Å². The molecule has 0 radical (unpaired) electrons. The van der Waals surface area contributed by atoms with Gasteiger partial charge in [0, 0.05) is 11.8 Å². The highest BCUT2D eigenvalue weighted by atomic mass is 16.5. The van der Waals surface area contributed by atoms with Crippen LogP contribution in [-0.4, -0.2) is 26.9 Å². The van der Waals surface area contributed by atoms with E-state index in [0.29, 0.717) is 25.1 Å². The number of carboxylic acids is 1. The van der Waals surface area contributed by atoms with Crippen molar-refractivity contribution in [1.82, 2.24) is 4.57 Å². The van der Waals surface area contributed by atoms with Gasteiger partial charge in [0.15, 0.2) is 0 Å². The van der Waals surface area contributed by atoms with Gasteiger partial charge in [-0.05, 0) is 74.1 Å². The maximum absolute atomic E-state index is 10.9. The normalized spacial score (nSPS) is 15.6. The zero-order chi connectivity index (χ0) is 20.0. The summed E-state index contributed by atoms with van der Waals surface area (Å²) in [4.78, 5) is 10.9. The smallest absolute Gasteiger partial charge is 0.303 e. The highest BCUT2D eigenvalue weighted by Gasteiger charge is 2.27. The number of benzene rings is 2. The first-order valence-corrected chi connectivity index (χ1v) is 9.67. The van der Waals surface area contributed by atoms with E-state index in [2.05, 4.69) is 17.6 Å². The number of phenols is 1. The lowest BCUT2D eigenvalue weighted by Gasteiger charge is -2.27. The Morgan fingerprint density at radius 2 is 1.93 bits per heavy atom. The van der Waals surface area contributed by atoms with E-state index in [1.165, 1.54) is 10.9 Å². The first kappa shape index (κ1) is 18.4. The van der Waals surface area contributed by atoms with Crippen LogP contribution in [0, 0.1) is 20.8 Å². The number of hydrogen-bond acceptors (Lipinski definition) is 3. The molecule has 1 atom stereocenters. The molecule has 0 bridgehead atoms. The Bertz CT molecular complexity index is 1060. The number of hydrogen-bond donors (Lipinski definition) is 2. The molecule has 5 heteroatoms. The van der Waals surface area contributed by atoms with E-state index < -0.39 is 5.97 Å². The van der Waals surface area contributed by atoms with Crippen LogP contribution in [0.3, 0.4) is 0 Å². The van der Waals surface area contributed by atoms with Crippen LogP contribution in [0.5, 0.6) is 11.5 Å². The molecule has 0 spiro atoms. The molecule has 0 saturated carbocycles. The van der Waals surface area contributed by atoms with Gasteiger partial charge >= 0.3 is 5.97 Å². The molecule has 2 aromatic carbocycles. The molecule has 1 aromatic heterocycles. The first-order chi connectivity index (χ1) is 13.4. The lowest BCUT2D eigenvalue weighted by atomic mass is 10.0. The van der Waals surface area contributed by atoms with Crippen LogP contribution in [0.2, 0.25) is 0 Å². The van der Waals surface area contributed by atoms with Crippen molar-refractivity contribution in [1.29, 1.82) is 0 Å². The summed E-state index contributed by atoms with van der Waals surface area (Å²) in [6.45, 7) is 6.65. The van der Waals surface area contributed by atoms with E-state index in [-0.39, 0.29) is 12.5 Å². The van der Waals surface area contributed by atoms with Gasteiger partial charge in [0.05, 0.1) is 17.8 Å². The monoisotopic (exact) mass is 379 g/mol. The third-order valence-corrected chi connectivity index (χ3v) is 5.66. The molecule has 146 valence electrons. The van der Waals surface area contributed by atoms with Gasteiger partial charge in [-0.3, -0.25) is 4.79 Å². The lowest BCUT2D eigenvalue weighted by molar-refractivity contribution is -0.137. The van der Waals surface area contributed by atoms with Crippen molar-refractivity contribution in [2.24, 2.45) is 0 Å². The van der Waals surface area contributed by atoms with E-state index in [0.717, 1.165) is 33.7 Å². The quantitative estimate of drug-likeness (QED) is 0.658. The summed E-state index contributed by atoms with van der Waals surface area (Å²) in [5, 5.41) is 20.3. The number of para-hydroxylation sites is 1. The predicted molar refractivity (Wildman–Crippen MR) is 109 cm³/mol. The minimum absolute atomic E-state index is 0.0534. The second-order valence-electron chi connectivity index (χ2n) is 7.72. The minimum atomic E-state index is -0.772. The summed E-state index contributed by atoms with van der Waals surface area (Å²) in [6.07, 6.45) is 1.40. The van der Waals surface area contributed by atoms with Crippen molar-refractivity contribution in [3.63, 3.8) is 0 Å². The predicted octanol–water partition coefficient (Wildman–Crippen LogP) is 4.96. The average Bonchev–Trinajstić information content (AvgIpc) is 2.92. The largest absolute Gasteiger partial charge is 0.507 e. The second-order valence-corrected chi connectivity index (χ2v) is 7.72. The van der Waals surface area contributed by atoms with Gasteiger partial charge in [0.2, 0.25) is 0 Å². The summed E-state index contributed by atoms with van der Waals surface area (Å²) in [5.74, 6) is 0.420. The van der Waals surface area contributed by atoms with E-state index in [9.17, 15) is 9.90 Å². The molecule has 0 fully saturated rings. The standard InChI is InChI=1S/C23H25NO4/c1-13-10-16(11-14(2)23(13)27)21-15(3)18-7-5-8-19-22(18)24(21)12-17(28-19)6-4-9-20(25)26/h5,7-8,10-11,17,27H,4,6,9,12H2,1-3H3,(H,25,26). The van der Waals surface area contributed by atoms with Gasteiger partial charge in [-0.15, -0.1) is 0 Å². The number of aromatic nitrogens is 1. The van der Waals surface area contributed by atoms with E-state index in [1.807, 2.05) is 38.1 Å². The minimum Gasteiger partial charge on any atom is -0.507 e. The topological polar surface area (TPSA) is 71.7 Å². The van der Waals surface area contributed by atoms with Gasteiger partial charge in [0.25, 0.3) is 0 Å². The zero-order valence-electron chi connectivity index (χ0n) is 16.5. The second kappa shape index (κ2) is 6.89. The Hall–Kier alpha value is -2.95. The Labute approximate surface area is 164 Å².